The highest BCUT2D eigenvalue weighted by Crippen LogP contribution is 2.22. The van der Waals surface area contributed by atoms with Gasteiger partial charge in [0.1, 0.15) is 5.82 Å². The first-order valence-electron chi connectivity index (χ1n) is 4.42. The van der Waals surface area contributed by atoms with Crippen LogP contribution in [0, 0.1) is 5.92 Å². The van der Waals surface area contributed by atoms with Crippen LogP contribution in [0.1, 0.15) is 12.2 Å². The molecule has 1 aliphatic heterocycles. The molecule has 1 N–H and O–H groups in total. The highest BCUT2D eigenvalue weighted by Gasteiger charge is 2.22. The van der Waals surface area contributed by atoms with Crippen molar-refractivity contribution in [3.05, 3.63) is 5.82 Å². The summed E-state index contributed by atoms with van der Waals surface area (Å²) in [5.74, 6) is 1.28. The van der Waals surface area contributed by atoms with Gasteiger partial charge in [0.15, 0.2) is 0 Å². The summed E-state index contributed by atoms with van der Waals surface area (Å²) in [7, 11) is 1.58. The van der Waals surface area contributed by atoms with Crippen LogP contribution >= 0.6 is 0 Å². The molecule has 1 aliphatic rings. The molecular formula is C8H13N3O2. The van der Waals surface area contributed by atoms with Crippen LogP contribution in [0.15, 0.2) is 0 Å². The number of rotatable bonds is 2. The van der Waals surface area contributed by atoms with Crippen molar-refractivity contribution < 1.29 is 9.84 Å². The fourth-order valence-corrected chi connectivity index (χ4v) is 1.67. The lowest BCUT2D eigenvalue weighted by Gasteiger charge is -2.21. The molecule has 1 atom stereocenters. The van der Waals surface area contributed by atoms with Crippen molar-refractivity contribution in [1.82, 2.24) is 14.8 Å². The lowest BCUT2D eigenvalue weighted by Crippen LogP contribution is -2.23. The smallest absolute Gasteiger partial charge is 0.316 e. The number of aromatic nitrogens is 3. The Morgan fingerprint density at radius 1 is 1.62 bits per heavy atom. The maximum Gasteiger partial charge on any atom is 0.316 e. The van der Waals surface area contributed by atoms with Gasteiger partial charge in [0, 0.05) is 25.5 Å². The predicted octanol–water partition coefficient (Wildman–Crippen LogP) is -0.159. The first kappa shape index (κ1) is 8.50. The van der Waals surface area contributed by atoms with Crippen molar-refractivity contribution in [1.29, 1.82) is 0 Å². The summed E-state index contributed by atoms with van der Waals surface area (Å²) in [4.78, 5) is 0. The molecule has 72 valence electrons. The highest BCUT2D eigenvalue weighted by molar-refractivity contribution is 5.04. The predicted molar refractivity (Wildman–Crippen MR) is 45.5 cm³/mol. The quantitative estimate of drug-likeness (QED) is 0.692. The average Bonchev–Trinajstić information content (AvgIpc) is 2.59. The van der Waals surface area contributed by atoms with E-state index in [9.17, 15) is 0 Å². The van der Waals surface area contributed by atoms with E-state index >= 15 is 0 Å². The zero-order chi connectivity index (χ0) is 9.26. The molecule has 1 unspecified atom stereocenters. The minimum Gasteiger partial charge on any atom is -0.467 e. The lowest BCUT2D eigenvalue weighted by molar-refractivity contribution is 0.185. The van der Waals surface area contributed by atoms with Crippen LogP contribution in [0.25, 0.3) is 0 Å². The average molecular weight is 183 g/mol. The van der Waals surface area contributed by atoms with E-state index in [2.05, 4.69) is 10.2 Å². The van der Waals surface area contributed by atoms with E-state index in [1.54, 1.807) is 7.11 Å². The molecule has 0 aliphatic carbocycles. The van der Waals surface area contributed by atoms with Crippen LogP contribution in [0.4, 0.5) is 0 Å². The van der Waals surface area contributed by atoms with E-state index in [1.165, 1.54) is 0 Å². The Labute approximate surface area is 76.3 Å². The Morgan fingerprint density at radius 3 is 3.15 bits per heavy atom. The Morgan fingerprint density at radius 2 is 2.46 bits per heavy atom. The molecule has 5 nitrogen and oxygen atoms in total. The number of hydrogen-bond acceptors (Lipinski definition) is 4. The number of fused-ring (bicyclic) bond motifs is 1. The molecule has 2 heterocycles. The van der Waals surface area contributed by atoms with Crippen molar-refractivity contribution in [2.75, 3.05) is 13.7 Å². The summed E-state index contributed by atoms with van der Waals surface area (Å²) in [6.45, 7) is 0.989. The van der Waals surface area contributed by atoms with Gasteiger partial charge >= 0.3 is 6.01 Å². The van der Waals surface area contributed by atoms with Crippen molar-refractivity contribution in [3.8, 4) is 6.01 Å². The molecule has 13 heavy (non-hydrogen) atoms. The van der Waals surface area contributed by atoms with Gasteiger partial charge in [0.25, 0.3) is 0 Å². The summed E-state index contributed by atoms with van der Waals surface area (Å²) in [6.07, 6.45) is 1.86. The van der Waals surface area contributed by atoms with Crippen molar-refractivity contribution in [2.24, 2.45) is 5.92 Å². The van der Waals surface area contributed by atoms with Gasteiger partial charge in [0.2, 0.25) is 0 Å². The number of hydrogen-bond donors (Lipinski definition) is 1. The first-order valence-corrected chi connectivity index (χ1v) is 4.42. The SMILES string of the molecule is COc1nnc2n1CC(CO)CC2. The van der Waals surface area contributed by atoms with Crippen molar-refractivity contribution in [3.63, 3.8) is 0 Å². The van der Waals surface area contributed by atoms with E-state index in [1.807, 2.05) is 4.57 Å². The molecule has 0 spiro atoms. The summed E-state index contributed by atoms with van der Waals surface area (Å²) < 4.78 is 6.99. The summed E-state index contributed by atoms with van der Waals surface area (Å²) in [6, 6.07) is 0.549. The van der Waals surface area contributed by atoms with Crippen LogP contribution in [0.2, 0.25) is 0 Å². The minimum atomic E-state index is 0.223. The second-order valence-electron chi connectivity index (χ2n) is 3.30. The molecule has 2 rings (SSSR count). The maximum absolute atomic E-state index is 9.02. The lowest BCUT2D eigenvalue weighted by atomic mass is 10.0. The number of aliphatic hydroxyl groups excluding tert-OH is 1. The van der Waals surface area contributed by atoms with Crippen LogP contribution in [-0.2, 0) is 13.0 Å². The third-order valence-electron chi connectivity index (χ3n) is 2.45. The molecule has 0 saturated heterocycles. The molecule has 0 amide bonds. The van der Waals surface area contributed by atoms with Gasteiger partial charge in [-0.05, 0) is 6.42 Å². The Hall–Kier alpha value is -1.10. The second kappa shape index (κ2) is 3.33. The van der Waals surface area contributed by atoms with Crippen LogP contribution in [0.5, 0.6) is 6.01 Å². The van der Waals surface area contributed by atoms with E-state index in [4.69, 9.17) is 9.84 Å². The number of aliphatic hydroxyl groups is 1. The van der Waals surface area contributed by atoms with Gasteiger partial charge in [0.05, 0.1) is 7.11 Å². The van der Waals surface area contributed by atoms with E-state index < -0.39 is 0 Å². The van der Waals surface area contributed by atoms with Gasteiger partial charge in [-0.2, -0.15) is 0 Å². The summed E-state index contributed by atoms with van der Waals surface area (Å²) >= 11 is 0. The van der Waals surface area contributed by atoms with E-state index in [0.29, 0.717) is 11.9 Å². The third-order valence-corrected chi connectivity index (χ3v) is 2.45. The monoisotopic (exact) mass is 183 g/mol. The molecule has 1 aromatic rings. The fourth-order valence-electron chi connectivity index (χ4n) is 1.67. The first-order chi connectivity index (χ1) is 6.35. The third kappa shape index (κ3) is 1.39. The topological polar surface area (TPSA) is 60.2 Å². The van der Waals surface area contributed by atoms with Gasteiger partial charge in [-0.15, -0.1) is 5.10 Å². The molecular weight excluding hydrogens is 170 g/mol. The van der Waals surface area contributed by atoms with E-state index in [0.717, 1.165) is 25.2 Å². The Bertz CT molecular complexity index is 284. The molecule has 0 saturated carbocycles. The Balaban J connectivity index is 2.25. The molecule has 0 radical (unpaired) electrons. The van der Waals surface area contributed by atoms with Gasteiger partial charge in [-0.25, -0.2) is 0 Å². The Kier molecular flexibility index (Phi) is 2.18. The van der Waals surface area contributed by atoms with Crippen LogP contribution < -0.4 is 4.74 Å². The normalized spacial score (nSPS) is 21.2. The number of methoxy groups -OCH3 is 1. The fraction of sp³-hybridized carbons (Fsp3) is 0.750. The summed E-state index contributed by atoms with van der Waals surface area (Å²) in [5.41, 5.74) is 0. The molecule has 5 heteroatoms. The van der Waals surface area contributed by atoms with Crippen molar-refractivity contribution in [2.45, 2.75) is 19.4 Å². The largest absolute Gasteiger partial charge is 0.467 e. The van der Waals surface area contributed by atoms with Crippen LogP contribution in [0.3, 0.4) is 0 Å². The molecule has 0 bridgehead atoms. The zero-order valence-corrected chi connectivity index (χ0v) is 7.60. The van der Waals surface area contributed by atoms with Gasteiger partial charge in [-0.3, -0.25) is 4.57 Å². The highest BCUT2D eigenvalue weighted by atomic mass is 16.5. The van der Waals surface area contributed by atoms with E-state index in [-0.39, 0.29) is 6.61 Å². The molecule has 0 aromatic carbocycles. The van der Waals surface area contributed by atoms with Gasteiger partial charge in [-0.1, -0.05) is 5.10 Å². The van der Waals surface area contributed by atoms with Crippen molar-refractivity contribution >= 4 is 0 Å². The minimum absolute atomic E-state index is 0.223. The van der Waals surface area contributed by atoms with Gasteiger partial charge < -0.3 is 9.84 Å². The molecule has 0 fully saturated rings. The number of ether oxygens (including phenoxy) is 1. The second-order valence-corrected chi connectivity index (χ2v) is 3.30. The van der Waals surface area contributed by atoms with Crippen LogP contribution in [-0.4, -0.2) is 33.6 Å². The number of nitrogens with zero attached hydrogens (tertiary/aromatic N) is 3. The summed E-state index contributed by atoms with van der Waals surface area (Å²) in [5, 5.41) is 16.9. The maximum atomic E-state index is 9.02. The zero-order valence-electron chi connectivity index (χ0n) is 7.60. The number of aryl methyl sites for hydroxylation is 1. The standard InChI is InChI=1S/C8H13N3O2/c1-13-8-10-9-7-3-2-6(5-12)4-11(7)8/h6,12H,2-5H2,1H3. The molecule has 1 aromatic heterocycles.